The van der Waals surface area contributed by atoms with Crippen LogP contribution in [0.5, 0.6) is 0 Å². The maximum absolute atomic E-state index is 12.4. The maximum atomic E-state index is 12.4. The minimum absolute atomic E-state index is 0.0400. The number of imidazole rings is 1. The van der Waals surface area contributed by atoms with E-state index in [1.807, 2.05) is 30.4 Å². The average molecular weight is 328 g/mol. The molecular weight excluding hydrogens is 304 g/mol. The third kappa shape index (κ3) is 3.93. The molecule has 0 spiro atoms. The van der Waals surface area contributed by atoms with E-state index >= 15 is 0 Å². The number of carbonyl (C=O) groups is 1. The van der Waals surface area contributed by atoms with Crippen molar-refractivity contribution in [1.29, 1.82) is 0 Å². The monoisotopic (exact) mass is 328 g/mol. The van der Waals surface area contributed by atoms with Gasteiger partial charge in [-0.2, -0.15) is 0 Å². The zero-order valence-corrected chi connectivity index (χ0v) is 14.1. The van der Waals surface area contributed by atoms with Gasteiger partial charge in [0.25, 0.3) is 5.56 Å². The summed E-state index contributed by atoms with van der Waals surface area (Å²) in [6, 6.07) is 5.19. The molecule has 1 aliphatic rings. The lowest BCUT2D eigenvalue weighted by Gasteiger charge is -2.32. The van der Waals surface area contributed by atoms with Crippen LogP contribution in [0.1, 0.15) is 25.0 Å². The summed E-state index contributed by atoms with van der Waals surface area (Å²) in [4.78, 5) is 30.3. The summed E-state index contributed by atoms with van der Waals surface area (Å²) in [5.74, 6) is 0.744. The Bertz CT molecular complexity index is 728. The molecule has 24 heavy (non-hydrogen) atoms. The Morgan fingerprint density at radius 1 is 1.29 bits per heavy atom. The smallest absolute Gasteiger partial charge is 0.250 e. The second kappa shape index (κ2) is 7.47. The van der Waals surface area contributed by atoms with Crippen LogP contribution in [0.4, 0.5) is 0 Å². The van der Waals surface area contributed by atoms with Crippen molar-refractivity contribution >= 4 is 5.91 Å². The fraction of sp³-hybridized carbons (Fsp3) is 0.500. The van der Waals surface area contributed by atoms with Gasteiger partial charge >= 0.3 is 0 Å². The first-order valence-electron chi connectivity index (χ1n) is 8.53. The van der Waals surface area contributed by atoms with E-state index in [1.165, 1.54) is 0 Å². The Morgan fingerprint density at radius 3 is 2.75 bits per heavy atom. The number of carbonyl (C=O) groups excluding carboxylic acids is 1. The third-order valence-corrected chi connectivity index (χ3v) is 4.81. The van der Waals surface area contributed by atoms with E-state index in [9.17, 15) is 9.59 Å². The molecule has 2 aromatic rings. The Morgan fingerprint density at radius 2 is 2.08 bits per heavy atom. The van der Waals surface area contributed by atoms with E-state index in [-0.39, 0.29) is 11.5 Å². The van der Waals surface area contributed by atoms with Crippen LogP contribution in [0.2, 0.25) is 0 Å². The second-order valence-corrected chi connectivity index (χ2v) is 6.49. The molecular formula is C18H24N4O2. The molecule has 128 valence electrons. The molecule has 0 bridgehead atoms. The van der Waals surface area contributed by atoms with Crippen LogP contribution in [0.15, 0.2) is 41.7 Å². The molecule has 1 saturated heterocycles. The van der Waals surface area contributed by atoms with Crippen molar-refractivity contribution in [2.24, 2.45) is 5.92 Å². The van der Waals surface area contributed by atoms with Crippen molar-refractivity contribution in [3.8, 4) is 0 Å². The number of amides is 1. The highest BCUT2D eigenvalue weighted by molar-refractivity contribution is 5.76. The van der Waals surface area contributed by atoms with Gasteiger partial charge in [-0.15, -0.1) is 0 Å². The van der Waals surface area contributed by atoms with Crippen LogP contribution in [0.3, 0.4) is 0 Å². The Hall–Kier alpha value is -2.37. The summed E-state index contributed by atoms with van der Waals surface area (Å²) in [6.07, 6.45) is 8.06. The number of likely N-dealkylation sites (tertiary alicyclic amines) is 1. The number of hydrogen-bond acceptors (Lipinski definition) is 3. The molecule has 3 rings (SSSR count). The highest BCUT2D eigenvalue weighted by Crippen LogP contribution is 2.19. The van der Waals surface area contributed by atoms with Gasteiger partial charge in [0.05, 0.1) is 6.33 Å². The first-order valence-corrected chi connectivity index (χ1v) is 8.53. The van der Waals surface area contributed by atoms with E-state index in [2.05, 4.69) is 9.55 Å². The van der Waals surface area contributed by atoms with Gasteiger partial charge < -0.3 is 14.0 Å². The fourth-order valence-corrected chi connectivity index (χ4v) is 3.33. The van der Waals surface area contributed by atoms with Crippen molar-refractivity contribution in [3.05, 3.63) is 53.0 Å². The lowest BCUT2D eigenvalue weighted by molar-refractivity contribution is -0.132. The quantitative estimate of drug-likeness (QED) is 0.839. The summed E-state index contributed by atoms with van der Waals surface area (Å²) in [5, 5.41) is 0. The van der Waals surface area contributed by atoms with Crippen LogP contribution in [-0.4, -0.2) is 38.0 Å². The summed E-state index contributed by atoms with van der Waals surface area (Å²) in [7, 11) is 0. The molecule has 0 aliphatic carbocycles. The molecule has 1 fully saturated rings. The van der Waals surface area contributed by atoms with Crippen molar-refractivity contribution in [1.82, 2.24) is 19.0 Å². The zero-order chi connectivity index (χ0) is 16.9. The number of rotatable bonds is 5. The van der Waals surface area contributed by atoms with Crippen molar-refractivity contribution in [2.45, 2.75) is 39.3 Å². The zero-order valence-electron chi connectivity index (χ0n) is 14.1. The van der Waals surface area contributed by atoms with Crippen LogP contribution in [-0.2, 0) is 17.9 Å². The standard InChI is InChI=1S/C18H24N4O2/c1-15-3-2-4-18(24)22(15)11-7-17(23)21-9-5-16(6-10-21)13-20-12-8-19-14-20/h2-4,8,12,14,16H,5-7,9-11,13H2,1H3. The van der Waals surface area contributed by atoms with Gasteiger partial charge in [-0.3, -0.25) is 9.59 Å². The van der Waals surface area contributed by atoms with Gasteiger partial charge in [-0.05, 0) is 31.7 Å². The van der Waals surface area contributed by atoms with Crippen LogP contribution >= 0.6 is 0 Å². The largest absolute Gasteiger partial charge is 0.343 e. The molecule has 0 aromatic carbocycles. The van der Waals surface area contributed by atoms with Crippen LogP contribution in [0, 0.1) is 12.8 Å². The number of aryl methyl sites for hydroxylation is 1. The van der Waals surface area contributed by atoms with Crippen LogP contribution in [0.25, 0.3) is 0 Å². The number of aromatic nitrogens is 3. The molecule has 0 saturated carbocycles. The van der Waals surface area contributed by atoms with Gasteiger partial charge in [-0.25, -0.2) is 4.98 Å². The van der Waals surface area contributed by atoms with Gasteiger partial charge in [0, 0.05) is 56.8 Å². The summed E-state index contributed by atoms with van der Waals surface area (Å²) >= 11 is 0. The highest BCUT2D eigenvalue weighted by atomic mass is 16.2. The normalized spacial score (nSPS) is 15.6. The summed E-state index contributed by atoms with van der Waals surface area (Å²) in [6.45, 7) is 4.94. The van der Waals surface area contributed by atoms with Gasteiger partial charge in [0.1, 0.15) is 0 Å². The number of piperidine rings is 1. The minimum Gasteiger partial charge on any atom is -0.343 e. The summed E-state index contributed by atoms with van der Waals surface area (Å²) < 4.78 is 3.77. The third-order valence-electron chi connectivity index (χ3n) is 4.81. The Kier molecular flexibility index (Phi) is 5.13. The van der Waals surface area contributed by atoms with E-state index < -0.39 is 0 Å². The summed E-state index contributed by atoms with van der Waals surface area (Å²) in [5.41, 5.74) is 0.858. The molecule has 0 N–H and O–H groups in total. The van der Waals surface area contributed by atoms with E-state index in [4.69, 9.17) is 0 Å². The maximum Gasteiger partial charge on any atom is 0.250 e. The molecule has 6 heteroatoms. The van der Waals surface area contributed by atoms with Crippen molar-refractivity contribution < 1.29 is 4.79 Å². The molecule has 0 atom stereocenters. The predicted molar refractivity (Wildman–Crippen MR) is 91.6 cm³/mol. The number of nitrogens with zero attached hydrogens (tertiary/aromatic N) is 4. The number of hydrogen-bond donors (Lipinski definition) is 0. The van der Waals surface area contributed by atoms with E-state index in [0.717, 1.165) is 38.2 Å². The van der Waals surface area contributed by atoms with Gasteiger partial charge in [0.2, 0.25) is 5.91 Å². The lowest BCUT2D eigenvalue weighted by Crippen LogP contribution is -2.40. The van der Waals surface area contributed by atoms with Crippen molar-refractivity contribution in [3.63, 3.8) is 0 Å². The molecule has 1 aliphatic heterocycles. The molecule has 0 radical (unpaired) electrons. The molecule has 2 aromatic heterocycles. The Balaban J connectivity index is 1.48. The van der Waals surface area contributed by atoms with Crippen LogP contribution < -0.4 is 5.56 Å². The van der Waals surface area contributed by atoms with Gasteiger partial charge in [0.15, 0.2) is 0 Å². The van der Waals surface area contributed by atoms with Gasteiger partial charge in [-0.1, -0.05) is 6.07 Å². The minimum atomic E-state index is -0.0400. The first kappa shape index (κ1) is 16.5. The second-order valence-electron chi connectivity index (χ2n) is 6.49. The molecule has 6 nitrogen and oxygen atoms in total. The topological polar surface area (TPSA) is 60.1 Å². The Labute approximate surface area is 141 Å². The average Bonchev–Trinajstić information content (AvgIpc) is 3.08. The SMILES string of the molecule is Cc1cccc(=O)n1CCC(=O)N1CCC(Cn2ccnc2)CC1. The van der Waals surface area contributed by atoms with E-state index in [1.54, 1.807) is 22.9 Å². The lowest BCUT2D eigenvalue weighted by atomic mass is 9.96. The van der Waals surface area contributed by atoms with E-state index in [0.29, 0.717) is 18.9 Å². The van der Waals surface area contributed by atoms with Crippen molar-refractivity contribution in [2.75, 3.05) is 13.1 Å². The molecule has 0 unspecified atom stereocenters. The molecule has 3 heterocycles. The number of pyridine rings is 1. The first-order chi connectivity index (χ1) is 11.6. The highest BCUT2D eigenvalue weighted by Gasteiger charge is 2.22. The fourth-order valence-electron chi connectivity index (χ4n) is 3.33. The predicted octanol–water partition coefficient (Wildman–Crippen LogP) is 1.68. The molecule has 1 amide bonds.